The Balaban J connectivity index is 1.98. The van der Waals surface area contributed by atoms with E-state index in [1.807, 2.05) is 24.0 Å². The molecule has 2 rings (SSSR count). The summed E-state index contributed by atoms with van der Waals surface area (Å²) in [5, 5.41) is 0. The molecule has 1 atom stereocenters. The molecule has 1 aliphatic rings. The highest BCUT2D eigenvalue weighted by Gasteiger charge is 2.22. The molecule has 1 saturated heterocycles. The molecule has 4 heteroatoms. The minimum atomic E-state index is 0.132. The van der Waals surface area contributed by atoms with E-state index in [-0.39, 0.29) is 5.91 Å². The van der Waals surface area contributed by atoms with E-state index >= 15 is 0 Å². The van der Waals surface area contributed by atoms with Crippen LogP contribution in [0.4, 0.5) is 0 Å². The molecule has 1 aliphatic heterocycles. The molecule has 0 bridgehead atoms. The Hall–Kier alpha value is -1.39. The average molecular weight is 332 g/mol. The van der Waals surface area contributed by atoms with Gasteiger partial charge in [0.15, 0.2) is 0 Å². The molecule has 1 aromatic rings. The second-order valence-corrected chi connectivity index (χ2v) is 6.93. The average Bonchev–Trinajstić information content (AvgIpc) is 3.10. The maximum Gasteiger partial charge on any atom is 0.253 e. The first-order valence-corrected chi connectivity index (χ1v) is 9.25. The first kappa shape index (κ1) is 18.9. The van der Waals surface area contributed by atoms with Gasteiger partial charge in [-0.1, -0.05) is 19.1 Å². The summed E-state index contributed by atoms with van der Waals surface area (Å²) in [6.07, 6.45) is 1.06. The minimum Gasteiger partial charge on any atom is -0.381 e. The van der Waals surface area contributed by atoms with Crippen LogP contribution in [0.3, 0.4) is 0 Å². The molecule has 0 spiro atoms. The molecule has 0 saturated carbocycles. The second kappa shape index (κ2) is 9.19. The molecule has 24 heavy (non-hydrogen) atoms. The van der Waals surface area contributed by atoms with Crippen molar-refractivity contribution in [2.24, 2.45) is 5.92 Å². The molecule has 0 aliphatic carbocycles. The van der Waals surface area contributed by atoms with Crippen LogP contribution in [0.15, 0.2) is 24.3 Å². The van der Waals surface area contributed by atoms with Crippen molar-refractivity contribution in [1.82, 2.24) is 9.80 Å². The molecule has 0 radical (unpaired) electrons. The van der Waals surface area contributed by atoms with Gasteiger partial charge < -0.3 is 9.64 Å². The van der Waals surface area contributed by atoms with Gasteiger partial charge >= 0.3 is 0 Å². The van der Waals surface area contributed by atoms with Crippen LogP contribution < -0.4 is 0 Å². The largest absolute Gasteiger partial charge is 0.381 e. The van der Waals surface area contributed by atoms with Crippen LogP contribution in [0.2, 0.25) is 0 Å². The Kier molecular flexibility index (Phi) is 7.25. The van der Waals surface area contributed by atoms with Crippen LogP contribution in [-0.2, 0) is 11.3 Å². The van der Waals surface area contributed by atoms with Crippen LogP contribution in [0.1, 0.15) is 50.0 Å². The lowest BCUT2D eigenvalue weighted by Gasteiger charge is -2.25. The molecule has 1 aromatic carbocycles. The van der Waals surface area contributed by atoms with Gasteiger partial charge in [0.1, 0.15) is 0 Å². The zero-order valence-electron chi connectivity index (χ0n) is 15.6. The fraction of sp³-hybridized carbons (Fsp3) is 0.650. The van der Waals surface area contributed by atoms with Crippen LogP contribution in [-0.4, -0.2) is 54.6 Å². The van der Waals surface area contributed by atoms with E-state index in [0.29, 0.717) is 12.0 Å². The van der Waals surface area contributed by atoms with E-state index in [2.05, 4.69) is 37.8 Å². The summed E-state index contributed by atoms with van der Waals surface area (Å²) in [5.41, 5.74) is 2.04. The van der Waals surface area contributed by atoms with Crippen molar-refractivity contribution >= 4 is 5.91 Å². The van der Waals surface area contributed by atoms with Crippen molar-refractivity contribution in [1.29, 1.82) is 0 Å². The van der Waals surface area contributed by atoms with Crippen LogP contribution in [0, 0.1) is 5.92 Å². The fourth-order valence-corrected chi connectivity index (χ4v) is 3.22. The smallest absolute Gasteiger partial charge is 0.253 e. The highest BCUT2D eigenvalue weighted by atomic mass is 16.5. The van der Waals surface area contributed by atoms with Gasteiger partial charge in [0, 0.05) is 43.8 Å². The monoisotopic (exact) mass is 332 g/mol. The van der Waals surface area contributed by atoms with Gasteiger partial charge in [-0.15, -0.1) is 0 Å². The maximum atomic E-state index is 12.7. The third-order valence-electron chi connectivity index (χ3n) is 4.89. The zero-order valence-corrected chi connectivity index (χ0v) is 15.6. The SMILES string of the molecule is CCN(C[C@H]1CCOC1)C(=O)c1ccc(CN(CC)C(C)C)cc1. The van der Waals surface area contributed by atoms with Crippen molar-refractivity contribution in [3.8, 4) is 0 Å². The quantitative estimate of drug-likeness (QED) is 0.731. The topological polar surface area (TPSA) is 32.8 Å². The molecule has 1 fully saturated rings. The lowest BCUT2D eigenvalue weighted by atomic mass is 10.1. The van der Waals surface area contributed by atoms with Crippen LogP contribution in [0.25, 0.3) is 0 Å². The van der Waals surface area contributed by atoms with E-state index in [1.165, 1.54) is 5.56 Å². The summed E-state index contributed by atoms with van der Waals surface area (Å²) in [5.74, 6) is 0.615. The number of amides is 1. The van der Waals surface area contributed by atoms with Crippen molar-refractivity contribution in [3.63, 3.8) is 0 Å². The molecule has 1 amide bonds. The van der Waals surface area contributed by atoms with Gasteiger partial charge in [-0.2, -0.15) is 0 Å². The van der Waals surface area contributed by atoms with Crippen molar-refractivity contribution in [2.45, 2.75) is 46.7 Å². The maximum absolute atomic E-state index is 12.7. The third kappa shape index (κ3) is 5.05. The van der Waals surface area contributed by atoms with E-state index < -0.39 is 0 Å². The summed E-state index contributed by atoms with van der Waals surface area (Å²) in [7, 11) is 0. The van der Waals surface area contributed by atoms with Crippen LogP contribution >= 0.6 is 0 Å². The zero-order chi connectivity index (χ0) is 17.5. The number of hydrogen-bond acceptors (Lipinski definition) is 3. The molecule has 4 nitrogen and oxygen atoms in total. The summed E-state index contributed by atoms with van der Waals surface area (Å²) in [6.45, 7) is 13.8. The lowest BCUT2D eigenvalue weighted by molar-refractivity contribution is 0.0731. The predicted molar refractivity (Wildman–Crippen MR) is 98.2 cm³/mol. The van der Waals surface area contributed by atoms with Gasteiger partial charge in [0.2, 0.25) is 0 Å². The van der Waals surface area contributed by atoms with E-state index in [4.69, 9.17) is 4.74 Å². The highest BCUT2D eigenvalue weighted by molar-refractivity contribution is 5.94. The van der Waals surface area contributed by atoms with Gasteiger partial charge in [-0.25, -0.2) is 0 Å². The summed E-state index contributed by atoms with van der Waals surface area (Å²) >= 11 is 0. The standard InChI is InChI=1S/C20H32N2O2/c1-5-21(16(3)4)13-17-7-9-19(10-8-17)20(23)22(6-2)14-18-11-12-24-15-18/h7-10,16,18H,5-6,11-15H2,1-4H3/t18-/m1/s1. The molecular weight excluding hydrogens is 300 g/mol. The molecule has 1 heterocycles. The summed E-state index contributed by atoms with van der Waals surface area (Å²) in [4.78, 5) is 17.1. The first-order chi connectivity index (χ1) is 11.5. The van der Waals surface area contributed by atoms with Gasteiger partial charge in [0.25, 0.3) is 5.91 Å². The number of carbonyl (C=O) groups is 1. The third-order valence-corrected chi connectivity index (χ3v) is 4.89. The number of rotatable bonds is 8. The molecule has 134 valence electrons. The Bertz CT molecular complexity index is 507. The Morgan fingerprint density at radius 2 is 1.92 bits per heavy atom. The number of carbonyl (C=O) groups excluding carboxylic acids is 1. The van der Waals surface area contributed by atoms with Crippen LogP contribution in [0.5, 0.6) is 0 Å². The number of ether oxygens (including phenoxy) is 1. The molecular formula is C20H32N2O2. The Labute approximate surface area is 146 Å². The van der Waals surface area contributed by atoms with Gasteiger partial charge in [-0.3, -0.25) is 9.69 Å². The first-order valence-electron chi connectivity index (χ1n) is 9.25. The van der Waals surface area contributed by atoms with Crippen molar-refractivity contribution in [3.05, 3.63) is 35.4 Å². The van der Waals surface area contributed by atoms with Crippen molar-refractivity contribution < 1.29 is 9.53 Å². The van der Waals surface area contributed by atoms with E-state index in [9.17, 15) is 4.79 Å². The van der Waals surface area contributed by atoms with E-state index in [0.717, 1.165) is 51.4 Å². The molecule has 0 N–H and O–H groups in total. The molecule has 0 aromatic heterocycles. The Morgan fingerprint density at radius 1 is 1.21 bits per heavy atom. The predicted octanol–water partition coefficient (Wildman–Crippen LogP) is 3.42. The second-order valence-electron chi connectivity index (χ2n) is 6.93. The highest BCUT2D eigenvalue weighted by Crippen LogP contribution is 2.16. The summed E-state index contributed by atoms with van der Waals surface area (Å²) in [6, 6.07) is 8.65. The minimum absolute atomic E-state index is 0.132. The van der Waals surface area contributed by atoms with Gasteiger partial charge in [-0.05, 0) is 51.4 Å². The number of hydrogen-bond donors (Lipinski definition) is 0. The van der Waals surface area contributed by atoms with Gasteiger partial charge in [0.05, 0.1) is 6.61 Å². The van der Waals surface area contributed by atoms with Crippen molar-refractivity contribution in [2.75, 3.05) is 32.8 Å². The Morgan fingerprint density at radius 3 is 2.42 bits per heavy atom. The van der Waals surface area contributed by atoms with E-state index in [1.54, 1.807) is 0 Å². The molecule has 0 unspecified atom stereocenters. The fourth-order valence-electron chi connectivity index (χ4n) is 3.22. The summed E-state index contributed by atoms with van der Waals surface area (Å²) < 4.78 is 5.43. The normalized spacial score (nSPS) is 17.7. The number of benzene rings is 1. The number of nitrogens with zero attached hydrogens (tertiary/aromatic N) is 2. The lowest BCUT2D eigenvalue weighted by Crippen LogP contribution is -2.35.